The molecule has 0 radical (unpaired) electrons. The second-order valence-electron chi connectivity index (χ2n) is 5.16. The number of hydrogen-bond acceptors (Lipinski definition) is 6. The number of ether oxygens (including phenoxy) is 2. The Morgan fingerprint density at radius 1 is 1.20 bits per heavy atom. The fourth-order valence-electron chi connectivity index (χ4n) is 2.31. The van der Waals surface area contributed by atoms with Crippen LogP contribution in [0.2, 0.25) is 0 Å². The van der Waals surface area contributed by atoms with E-state index in [9.17, 15) is 14.3 Å². The van der Waals surface area contributed by atoms with E-state index in [1.165, 1.54) is 18.2 Å². The van der Waals surface area contributed by atoms with E-state index in [0.29, 0.717) is 17.2 Å². The summed E-state index contributed by atoms with van der Waals surface area (Å²) in [4.78, 5) is 16.1. The molecule has 0 fully saturated rings. The van der Waals surface area contributed by atoms with Crippen molar-refractivity contribution >= 4 is 11.6 Å². The van der Waals surface area contributed by atoms with Gasteiger partial charge in [-0.3, -0.25) is 4.79 Å². The molecule has 1 aliphatic rings. The molecule has 1 amide bonds. The molecule has 2 aromatic heterocycles. The maximum Gasteiger partial charge on any atom is 0.276 e. The zero-order valence-electron chi connectivity index (χ0n) is 12.6. The molecular formula is C16H11FN4O4. The number of anilines is 1. The number of hydrogen-bond donors (Lipinski definition) is 2. The normalized spacial score (nSPS) is 12.2. The van der Waals surface area contributed by atoms with Crippen molar-refractivity contribution in [3.63, 3.8) is 0 Å². The van der Waals surface area contributed by atoms with Gasteiger partial charge in [0.1, 0.15) is 5.82 Å². The lowest BCUT2D eigenvalue weighted by Crippen LogP contribution is -2.13. The Morgan fingerprint density at radius 2 is 2.04 bits per heavy atom. The third-order valence-corrected chi connectivity index (χ3v) is 3.48. The fourth-order valence-corrected chi connectivity index (χ4v) is 2.31. The van der Waals surface area contributed by atoms with Crippen molar-refractivity contribution in [3.05, 3.63) is 54.1 Å². The molecule has 1 aromatic carbocycles. The molecule has 0 bridgehead atoms. The number of halogens is 1. The monoisotopic (exact) mass is 342 g/mol. The van der Waals surface area contributed by atoms with Crippen molar-refractivity contribution in [2.24, 2.45) is 0 Å². The SMILES string of the molecule is O=C(Nc1ccc2c(c1)OCO2)c1cc(O)n(-c2ccc(F)cn2)n1. The van der Waals surface area contributed by atoms with E-state index in [2.05, 4.69) is 15.4 Å². The van der Waals surface area contributed by atoms with E-state index >= 15 is 0 Å². The number of amides is 1. The number of aromatic nitrogens is 3. The molecule has 2 N–H and O–H groups in total. The van der Waals surface area contributed by atoms with Gasteiger partial charge in [0.25, 0.3) is 5.91 Å². The molecule has 25 heavy (non-hydrogen) atoms. The topological polar surface area (TPSA) is 98.5 Å². The number of carbonyl (C=O) groups is 1. The van der Waals surface area contributed by atoms with Crippen LogP contribution in [0.25, 0.3) is 5.82 Å². The molecule has 0 atom stereocenters. The van der Waals surface area contributed by atoms with Crippen LogP contribution >= 0.6 is 0 Å². The molecule has 0 spiro atoms. The van der Waals surface area contributed by atoms with Crippen LogP contribution in [0.15, 0.2) is 42.6 Å². The molecule has 0 saturated carbocycles. The highest BCUT2D eigenvalue weighted by atomic mass is 19.1. The van der Waals surface area contributed by atoms with Gasteiger partial charge < -0.3 is 19.9 Å². The van der Waals surface area contributed by atoms with Crippen LogP contribution < -0.4 is 14.8 Å². The average Bonchev–Trinajstić information content (AvgIpc) is 3.22. The summed E-state index contributed by atoms with van der Waals surface area (Å²) in [5.41, 5.74) is 0.462. The highest BCUT2D eigenvalue weighted by Crippen LogP contribution is 2.34. The van der Waals surface area contributed by atoms with Gasteiger partial charge in [0, 0.05) is 17.8 Å². The van der Waals surface area contributed by atoms with Crippen LogP contribution in [0.1, 0.15) is 10.5 Å². The Bertz CT molecular complexity index is 955. The summed E-state index contributed by atoms with van der Waals surface area (Å²) in [6, 6.07) is 8.66. The quantitative estimate of drug-likeness (QED) is 0.756. The first-order chi connectivity index (χ1) is 12.1. The summed E-state index contributed by atoms with van der Waals surface area (Å²) < 4.78 is 24.4. The van der Waals surface area contributed by atoms with Gasteiger partial charge in [-0.05, 0) is 24.3 Å². The summed E-state index contributed by atoms with van der Waals surface area (Å²) in [5, 5.41) is 16.6. The van der Waals surface area contributed by atoms with Crippen molar-refractivity contribution < 1.29 is 23.8 Å². The van der Waals surface area contributed by atoms with Crippen LogP contribution in [0.3, 0.4) is 0 Å². The molecule has 0 aliphatic carbocycles. The summed E-state index contributed by atoms with van der Waals surface area (Å²) in [6.45, 7) is 0.135. The van der Waals surface area contributed by atoms with E-state index in [-0.39, 0.29) is 24.2 Å². The fraction of sp³-hybridized carbons (Fsp3) is 0.0625. The largest absolute Gasteiger partial charge is 0.493 e. The Labute approximate surface area is 140 Å². The van der Waals surface area contributed by atoms with Crippen LogP contribution in [0, 0.1) is 5.82 Å². The Hall–Kier alpha value is -3.62. The number of carbonyl (C=O) groups excluding carboxylic acids is 1. The highest BCUT2D eigenvalue weighted by molar-refractivity contribution is 6.03. The molecule has 0 unspecified atom stereocenters. The van der Waals surface area contributed by atoms with E-state index in [4.69, 9.17) is 9.47 Å². The maximum absolute atomic E-state index is 12.9. The standard InChI is InChI=1S/C16H11FN4O4/c17-9-1-4-14(18-7-9)21-15(22)6-11(20-21)16(23)19-10-2-3-12-13(5-10)25-8-24-12/h1-7,22H,8H2,(H,19,23). The first-order valence-electron chi connectivity index (χ1n) is 7.22. The molecule has 3 aromatic rings. The number of aromatic hydroxyl groups is 1. The van der Waals surface area contributed by atoms with Crippen molar-refractivity contribution in [1.29, 1.82) is 0 Å². The Kier molecular flexibility index (Phi) is 3.46. The van der Waals surface area contributed by atoms with Gasteiger partial charge in [0.05, 0.1) is 6.20 Å². The molecule has 3 heterocycles. The minimum atomic E-state index is -0.532. The lowest BCUT2D eigenvalue weighted by Gasteiger charge is -2.04. The van der Waals surface area contributed by atoms with Crippen molar-refractivity contribution in [1.82, 2.24) is 14.8 Å². The zero-order chi connectivity index (χ0) is 17.4. The molecule has 4 rings (SSSR count). The average molecular weight is 342 g/mol. The zero-order valence-corrected chi connectivity index (χ0v) is 12.6. The second kappa shape index (κ2) is 5.78. The minimum Gasteiger partial charge on any atom is -0.493 e. The van der Waals surface area contributed by atoms with Gasteiger partial charge in [-0.15, -0.1) is 0 Å². The van der Waals surface area contributed by atoms with Gasteiger partial charge >= 0.3 is 0 Å². The van der Waals surface area contributed by atoms with Crippen LogP contribution in [0.4, 0.5) is 10.1 Å². The number of rotatable bonds is 3. The van der Waals surface area contributed by atoms with Crippen molar-refractivity contribution in [2.45, 2.75) is 0 Å². The summed E-state index contributed by atoms with van der Waals surface area (Å²) >= 11 is 0. The van der Waals surface area contributed by atoms with E-state index in [0.717, 1.165) is 10.9 Å². The first-order valence-corrected chi connectivity index (χ1v) is 7.22. The summed E-state index contributed by atoms with van der Waals surface area (Å²) in [6.07, 6.45) is 0.989. The third-order valence-electron chi connectivity index (χ3n) is 3.48. The summed E-state index contributed by atoms with van der Waals surface area (Å²) in [7, 11) is 0. The maximum atomic E-state index is 12.9. The first kappa shape index (κ1) is 14.9. The highest BCUT2D eigenvalue weighted by Gasteiger charge is 2.18. The Morgan fingerprint density at radius 3 is 2.84 bits per heavy atom. The molecule has 9 heteroatoms. The summed E-state index contributed by atoms with van der Waals surface area (Å²) in [5.74, 6) is -0.0360. The van der Waals surface area contributed by atoms with E-state index < -0.39 is 11.7 Å². The molecule has 126 valence electrons. The molecule has 1 aliphatic heterocycles. The van der Waals surface area contributed by atoms with E-state index in [1.807, 2.05) is 0 Å². The molecular weight excluding hydrogens is 331 g/mol. The van der Waals surface area contributed by atoms with Gasteiger partial charge in [-0.1, -0.05) is 0 Å². The van der Waals surface area contributed by atoms with Gasteiger partial charge in [-0.25, -0.2) is 9.37 Å². The molecule has 0 saturated heterocycles. The number of fused-ring (bicyclic) bond motifs is 1. The van der Waals surface area contributed by atoms with Crippen molar-refractivity contribution in [3.8, 4) is 23.2 Å². The van der Waals surface area contributed by atoms with Crippen LogP contribution in [0.5, 0.6) is 17.4 Å². The van der Waals surface area contributed by atoms with Crippen LogP contribution in [-0.4, -0.2) is 32.6 Å². The second-order valence-corrected chi connectivity index (χ2v) is 5.16. The van der Waals surface area contributed by atoms with E-state index in [1.54, 1.807) is 18.2 Å². The lowest BCUT2D eigenvalue weighted by atomic mass is 10.2. The number of nitrogens with zero attached hydrogens (tertiary/aromatic N) is 3. The number of benzene rings is 1. The smallest absolute Gasteiger partial charge is 0.276 e. The molecule has 8 nitrogen and oxygen atoms in total. The third kappa shape index (κ3) is 2.82. The number of nitrogens with one attached hydrogen (secondary N) is 1. The lowest BCUT2D eigenvalue weighted by molar-refractivity contribution is 0.102. The van der Waals surface area contributed by atoms with Gasteiger partial charge in [0.15, 0.2) is 23.0 Å². The van der Waals surface area contributed by atoms with Crippen molar-refractivity contribution in [2.75, 3.05) is 12.1 Å². The predicted octanol–water partition coefficient (Wildman–Crippen LogP) is 2.09. The minimum absolute atomic E-state index is 0.0266. The van der Waals surface area contributed by atoms with Gasteiger partial charge in [-0.2, -0.15) is 9.78 Å². The van der Waals surface area contributed by atoms with Gasteiger partial charge in [0.2, 0.25) is 12.7 Å². The van der Waals surface area contributed by atoms with Crippen LogP contribution in [-0.2, 0) is 0 Å². The Balaban J connectivity index is 1.56. The number of pyridine rings is 1. The predicted molar refractivity (Wildman–Crippen MR) is 83.5 cm³/mol.